The van der Waals surface area contributed by atoms with E-state index < -0.39 is 5.97 Å². The van der Waals surface area contributed by atoms with Gasteiger partial charge in [0.05, 0.1) is 11.9 Å². The molecule has 6 heteroatoms. The molecule has 0 bridgehead atoms. The van der Waals surface area contributed by atoms with Crippen LogP contribution in [0.5, 0.6) is 0 Å². The largest absolute Gasteiger partial charge is 0.480 e. The summed E-state index contributed by atoms with van der Waals surface area (Å²) in [6.07, 6.45) is 3.24. The van der Waals surface area contributed by atoms with E-state index in [0.717, 1.165) is 18.6 Å². The number of ether oxygens (including phenoxy) is 1. The summed E-state index contributed by atoms with van der Waals surface area (Å²) in [5.74, 6) is 0.103. The number of hydrogen-bond donors (Lipinski definition) is 2. The molecule has 92 valence electrons. The first kappa shape index (κ1) is 13.3. The van der Waals surface area contributed by atoms with Crippen molar-refractivity contribution in [3.05, 3.63) is 0 Å². The van der Waals surface area contributed by atoms with Crippen LogP contribution in [0, 0.1) is 0 Å². The lowest BCUT2D eigenvalue weighted by Crippen LogP contribution is -2.36. The third kappa shape index (κ3) is 5.37. The predicted octanol–water partition coefficient (Wildman–Crippen LogP) is 0.490. The third-order valence-electron chi connectivity index (χ3n) is 2.24. The van der Waals surface area contributed by atoms with Gasteiger partial charge in [-0.05, 0) is 18.6 Å². The van der Waals surface area contributed by atoms with Crippen LogP contribution >= 0.6 is 11.8 Å². The van der Waals surface area contributed by atoms with Gasteiger partial charge in [-0.2, -0.15) is 0 Å². The number of thioether (sulfide) groups is 1. The summed E-state index contributed by atoms with van der Waals surface area (Å²) in [7, 11) is 0. The molecule has 0 aromatic heterocycles. The maximum Gasteiger partial charge on any atom is 0.329 e. The lowest BCUT2D eigenvalue weighted by atomic mass is 10.2. The zero-order chi connectivity index (χ0) is 11.8. The van der Waals surface area contributed by atoms with Crippen LogP contribution in [0.1, 0.15) is 19.3 Å². The van der Waals surface area contributed by atoms with Crippen molar-refractivity contribution >= 4 is 23.6 Å². The highest BCUT2D eigenvalue weighted by Gasteiger charge is 2.20. The number of carboxylic acid groups (broad SMARTS) is 1. The first-order valence-corrected chi connectivity index (χ1v) is 6.44. The Balaban J connectivity index is 2.03. The minimum Gasteiger partial charge on any atom is -0.480 e. The second-order valence-electron chi connectivity index (χ2n) is 3.59. The van der Waals surface area contributed by atoms with E-state index in [-0.39, 0.29) is 24.4 Å². The predicted molar refractivity (Wildman–Crippen MR) is 61.6 cm³/mol. The molecule has 1 fully saturated rings. The van der Waals surface area contributed by atoms with E-state index in [1.165, 1.54) is 6.42 Å². The monoisotopic (exact) mass is 247 g/mol. The molecule has 1 unspecified atom stereocenters. The van der Waals surface area contributed by atoms with Gasteiger partial charge in [0.15, 0.2) is 0 Å². The fraction of sp³-hybridized carbons (Fsp3) is 0.800. The van der Waals surface area contributed by atoms with E-state index >= 15 is 0 Å². The molecule has 1 heterocycles. The van der Waals surface area contributed by atoms with Crippen LogP contribution in [0.25, 0.3) is 0 Å². The van der Waals surface area contributed by atoms with Crippen molar-refractivity contribution in [3.8, 4) is 0 Å². The van der Waals surface area contributed by atoms with Crippen molar-refractivity contribution in [2.75, 3.05) is 25.5 Å². The van der Waals surface area contributed by atoms with Crippen molar-refractivity contribution in [3.63, 3.8) is 0 Å². The highest BCUT2D eigenvalue weighted by molar-refractivity contribution is 8.00. The number of hydrogen-bond acceptors (Lipinski definition) is 4. The number of amides is 1. The SMILES string of the molecule is O=C(O)COCCNC(=O)C1CCCCS1. The van der Waals surface area contributed by atoms with E-state index in [1.54, 1.807) is 11.8 Å². The van der Waals surface area contributed by atoms with Crippen molar-refractivity contribution in [1.29, 1.82) is 0 Å². The molecule has 2 N–H and O–H groups in total. The Bertz CT molecular complexity index is 241. The van der Waals surface area contributed by atoms with Gasteiger partial charge in [-0.15, -0.1) is 11.8 Å². The first-order valence-electron chi connectivity index (χ1n) is 5.39. The zero-order valence-electron chi connectivity index (χ0n) is 9.11. The summed E-state index contributed by atoms with van der Waals surface area (Å²) in [5.41, 5.74) is 0. The van der Waals surface area contributed by atoms with Crippen molar-refractivity contribution in [1.82, 2.24) is 5.32 Å². The Kier molecular flexibility index (Phi) is 6.25. The Labute approximate surface area is 98.9 Å². The molecule has 1 amide bonds. The molecule has 1 aliphatic rings. The lowest BCUT2D eigenvalue weighted by molar-refractivity contribution is -0.142. The molecular formula is C10H17NO4S. The molecule has 0 aromatic rings. The van der Waals surface area contributed by atoms with Crippen LogP contribution in [-0.2, 0) is 14.3 Å². The smallest absolute Gasteiger partial charge is 0.329 e. The molecule has 0 spiro atoms. The highest BCUT2D eigenvalue weighted by Crippen LogP contribution is 2.24. The fourth-order valence-corrected chi connectivity index (χ4v) is 2.69. The Morgan fingerprint density at radius 3 is 2.88 bits per heavy atom. The molecule has 1 aliphatic heterocycles. The summed E-state index contributed by atoms with van der Waals surface area (Å²) < 4.78 is 4.81. The van der Waals surface area contributed by atoms with Crippen LogP contribution < -0.4 is 5.32 Å². The molecule has 16 heavy (non-hydrogen) atoms. The second kappa shape index (κ2) is 7.51. The number of rotatable bonds is 6. The molecule has 1 atom stereocenters. The number of carbonyl (C=O) groups is 2. The third-order valence-corrected chi connectivity index (χ3v) is 3.62. The summed E-state index contributed by atoms with van der Waals surface area (Å²) in [6.45, 7) is 0.312. The van der Waals surface area contributed by atoms with Gasteiger partial charge in [0.25, 0.3) is 0 Å². The van der Waals surface area contributed by atoms with Crippen LogP contribution in [0.3, 0.4) is 0 Å². The van der Waals surface area contributed by atoms with Crippen molar-refractivity contribution in [2.24, 2.45) is 0 Å². The quantitative estimate of drug-likeness (QED) is 0.668. The van der Waals surface area contributed by atoms with E-state index in [4.69, 9.17) is 9.84 Å². The van der Waals surface area contributed by atoms with Gasteiger partial charge in [0.2, 0.25) is 5.91 Å². The van der Waals surface area contributed by atoms with Crippen LogP contribution in [0.4, 0.5) is 0 Å². The second-order valence-corrected chi connectivity index (χ2v) is 4.90. The van der Waals surface area contributed by atoms with E-state index in [0.29, 0.717) is 6.54 Å². The van der Waals surface area contributed by atoms with Crippen molar-refractivity contribution < 1.29 is 19.4 Å². The summed E-state index contributed by atoms with van der Waals surface area (Å²) in [6, 6.07) is 0. The van der Waals surface area contributed by atoms with Crippen LogP contribution in [0.15, 0.2) is 0 Å². The number of carboxylic acids is 1. The Morgan fingerprint density at radius 2 is 2.25 bits per heavy atom. The van der Waals surface area contributed by atoms with E-state index in [2.05, 4.69) is 5.32 Å². The summed E-state index contributed by atoms with van der Waals surface area (Å²) in [4.78, 5) is 21.7. The van der Waals surface area contributed by atoms with Gasteiger partial charge in [0.1, 0.15) is 6.61 Å². The van der Waals surface area contributed by atoms with Gasteiger partial charge >= 0.3 is 5.97 Å². The minimum atomic E-state index is -0.992. The van der Waals surface area contributed by atoms with Crippen molar-refractivity contribution in [2.45, 2.75) is 24.5 Å². The maximum absolute atomic E-state index is 11.6. The van der Waals surface area contributed by atoms with Gasteiger partial charge in [-0.3, -0.25) is 4.79 Å². The molecule has 0 aliphatic carbocycles. The Hall–Kier alpha value is -0.750. The van der Waals surface area contributed by atoms with Crippen LogP contribution in [0.2, 0.25) is 0 Å². The van der Waals surface area contributed by atoms with E-state index in [1.807, 2.05) is 0 Å². The highest BCUT2D eigenvalue weighted by atomic mass is 32.2. The fourth-order valence-electron chi connectivity index (χ4n) is 1.47. The average molecular weight is 247 g/mol. The van der Waals surface area contributed by atoms with Gasteiger partial charge in [-0.25, -0.2) is 4.79 Å². The molecule has 1 rings (SSSR count). The van der Waals surface area contributed by atoms with Gasteiger partial charge in [-0.1, -0.05) is 6.42 Å². The lowest BCUT2D eigenvalue weighted by Gasteiger charge is -2.20. The number of aliphatic carboxylic acids is 1. The minimum absolute atomic E-state index is 0.0450. The maximum atomic E-state index is 11.6. The number of carbonyl (C=O) groups excluding carboxylic acids is 1. The normalized spacial score (nSPS) is 20.4. The molecule has 0 aromatic carbocycles. The Morgan fingerprint density at radius 1 is 1.44 bits per heavy atom. The molecule has 0 radical (unpaired) electrons. The topological polar surface area (TPSA) is 75.6 Å². The molecular weight excluding hydrogens is 230 g/mol. The van der Waals surface area contributed by atoms with Gasteiger partial charge in [0, 0.05) is 6.54 Å². The van der Waals surface area contributed by atoms with E-state index in [9.17, 15) is 9.59 Å². The summed E-state index contributed by atoms with van der Waals surface area (Å²) >= 11 is 1.69. The standard InChI is InChI=1S/C10H17NO4S/c12-9(13)7-15-5-4-11-10(14)8-3-1-2-6-16-8/h8H,1-7H2,(H,11,14)(H,12,13). The average Bonchev–Trinajstić information content (AvgIpc) is 2.29. The zero-order valence-corrected chi connectivity index (χ0v) is 9.92. The molecule has 0 saturated carbocycles. The first-order chi connectivity index (χ1) is 7.70. The summed E-state index contributed by atoms with van der Waals surface area (Å²) in [5, 5.41) is 11.1. The number of nitrogens with one attached hydrogen (secondary N) is 1. The molecule has 5 nitrogen and oxygen atoms in total. The van der Waals surface area contributed by atoms with Crippen LogP contribution in [-0.4, -0.2) is 47.7 Å². The van der Waals surface area contributed by atoms with Gasteiger partial charge < -0.3 is 15.2 Å². The molecule has 1 saturated heterocycles.